The summed E-state index contributed by atoms with van der Waals surface area (Å²) in [6, 6.07) is 3.50. The molecule has 0 aliphatic rings. The molecule has 0 N–H and O–H groups in total. The predicted molar refractivity (Wildman–Crippen MR) is 66.0 cm³/mol. The summed E-state index contributed by atoms with van der Waals surface area (Å²) in [5.74, 6) is 0.558. The van der Waals surface area contributed by atoms with E-state index in [-0.39, 0.29) is 12.0 Å². The van der Waals surface area contributed by atoms with Gasteiger partial charge in [-0.3, -0.25) is 4.98 Å². The number of methoxy groups -OCH3 is 1. The van der Waals surface area contributed by atoms with E-state index in [0.29, 0.717) is 6.42 Å². The van der Waals surface area contributed by atoms with Gasteiger partial charge in [-0.25, -0.2) is 9.78 Å². The Kier molecular flexibility index (Phi) is 3.72. The van der Waals surface area contributed by atoms with Crippen LogP contribution in [0.1, 0.15) is 24.4 Å². The van der Waals surface area contributed by atoms with E-state index in [1.54, 1.807) is 31.7 Å². The average Bonchev–Trinajstić information content (AvgIpc) is 2.86. The van der Waals surface area contributed by atoms with E-state index < -0.39 is 0 Å². The molecule has 2 heterocycles. The standard InChI is InChI=1S/C13H15N3O2/c1-10(13(17)18-2)16-8-7-15-12(16)9-11-3-5-14-6-4-11/h3-8,10H,9H2,1-2H3. The van der Waals surface area contributed by atoms with Crippen LogP contribution in [0.4, 0.5) is 0 Å². The second-order valence-corrected chi connectivity index (χ2v) is 3.98. The second kappa shape index (κ2) is 5.44. The maximum Gasteiger partial charge on any atom is 0.328 e. The molecular weight excluding hydrogens is 230 g/mol. The van der Waals surface area contributed by atoms with Crippen molar-refractivity contribution in [2.75, 3.05) is 7.11 Å². The fraction of sp³-hybridized carbons (Fsp3) is 0.308. The van der Waals surface area contributed by atoms with Crippen LogP contribution in [0, 0.1) is 0 Å². The molecule has 0 amide bonds. The number of rotatable bonds is 4. The molecule has 18 heavy (non-hydrogen) atoms. The van der Waals surface area contributed by atoms with Crippen molar-refractivity contribution in [1.82, 2.24) is 14.5 Å². The highest BCUT2D eigenvalue weighted by Crippen LogP contribution is 2.14. The summed E-state index contributed by atoms with van der Waals surface area (Å²) in [5.41, 5.74) is 1.11. The summed E-state index contributed by atoms with van der Waals surface area (Å²) in [6.07, 6.45) is 7.63. The average molecular weight is 245 g/mol. The van der Waals surface area contributed by atoms with Crippen LogP contribution < -0.4 is 0 Å². The van der Waals surface area contributed by atoms with Gasteiger partial charge in [0.25, 0.3) is 0 Å². The SMILES string of the molecule is COC(=O)C(C)n1ccnc1Cc1ccncc1. The molecule has 0 aliphatic carbocycles. The first kappa shape index (κ1) is 12.3. The van der Waals surface area contributed by atoms with Gasteiger partial charge in [-0.1, -0.05) is 0 Å². The number of hydrogen-bond acceptors (Lipinski definition) is 4. The molecule has 0 fully saturated rings. The highest BCUT2D eigenvalue weighted by Gasteiger charge is 2.17. The molecule has 0 bridgehead atoms. The van der Waals surface area contributed by atoms with Gasteiger partial charge in [0.1, 0.15) is 11.9 Å². The number of carbonyl (C=O) groups excluding carboxylic acids is 1. The van der Waals surface area contributed by atoms with Crippen molar-refractivity contribution in [2.24, 2.45) is 0 Å². The Hall–Kier alpha value is -2.17. The third-order valence-electron chi connectivity index (χ3n) is 2.82. The second-order valence-electron chi connectivity index (χ2n) is 3.98. The monoisotopic (exact) mass is 245 g/mol. The van der Waals surface area contributed by atoms with Crippen LogP contribution in [0.2, 0.25) is 0 Å². The van der Waals surface area contributed by atoms with Crippen LogP contribution in [0.25, 0.3) is 0 Å². The first-order valence-electron chi connectivity index (χ1n) is 5.71. The molecule has 1 atom stereocenters. The lowest BCUT2D eigenvalue weighted by molar-refractivity contribution is -0.144. The van der Waals surface area contributed by atoms with E-state index in [1.807, 2.05) is 16.7 Å². The van der Waals surface area contributed by atoms with Gasteiger partial charge < -0.3 is 9.30 Å². The maximum atomic E-state index is 11.5. The lowest BCUT2D eigenvalue weighted by Crippen LogP contribution is -2.19. The van der Waals surface area contributed by atoms with Gasteiger partial charge >= 0.3 is 5.97 Å². The third kappa shape index (κ3) is 2.56. The van der Waals surface area contributed by atoms with Crippen molar-refractivity contribution < 1.29 is 9.53 Å². The number of imidazole rings is 1. The molecule has 5 heteroatoms. The number of nitrogens with zero attached hydrogens (tertiary/aromatic N) is 3. The Balaban J connectivity index is 2.20. The summed E-state index contributed by atoms with van der Waals surface area (Å²) in [5, 5.41) is 0. The number of hydrogen-bond donors (Lipinski definition) is 0. The molecule has 1 unspecified atom stereocenters. The van der Waals surface area contributed by atoms with Crippen LogP contribution in [-0.2, 0) is 16.0 Å². The number of pyridine rings is 1. The number of ether oxygens (including phenoxy) is 1. The first-order chi connectivity index (χ1) is 8.72. The Bertz CT molecular complexity index is 522. The van der Waals surface area contributed by atoms with Crippen LogP contribution in [0.15, 0.2) is 36.9 Å². The van der Waals surface area contributed by atoms with Crippen molar-refractivity contribution >= 4 is 5.97 Å². The van der Waals surface area contributed by atoms with Gasteiger partial charge in [-0.05, 0) is 24.6 Å². The van der Waals surface area contributed by atoms with Gasteiger partial charge in [-0.2, -0.15) is 0 Å². The molecule has 0 radical (unpaired) electrons. The lowest BCUT2D eigenvalue weighted by atomic mass is 10.2. The zero-order valence-corrected chi connectivity index (χ0v) is 10.4. The van der Waals surface area contributed by atoms with E-state index in [0.717, 1.165) is 11.4 Å². The highest BCUT2D eigenvalue weighted by molar-refractivity contribution is 5.73. The van der Waals surface area contributed by atoms with Crippen LogP contribution >= 0.6 is 0 Å². The summed E-state index contributed by atoms with van der Waals surface area (Å²) in [7, 11) is 1.39. The smallest absolute Gasteiger partial charge is 0.328 e. The Morgan fingerprint density at radius 1 is 1.39 bits per heavy atom. The van der Waals surface area contributed by atoms with Crippen LogP contribution in [0.3, 0.4) is 0 Å². The van der Waals surface area contributed by atoms with E-state index in [4.69, 9.17) is 4.74 Å². The molecule has 94 valence electrons. The third-order valence-corrected chi connectivity index (χ3v) is 2.82. The normalized spacial score (nSPS) is 12.1. The van der Waals surface area contributed by atoms with E-state index in [1.165, 1.54) is 7.11 Å². The van der Waals surface area contributed by atoms with Gasteiger partial charge in [0.15, 0.2) is 0 Å². The fourth-order valence-electron chi connectivity index (χ4n) is 1.80. The van der Waals surface area contributed by atoms with Crippen molar-refractivity contribution in [3.05, 3.63) is 48.3 Å². The lowest BCUT2D eigenvalue weighted by Gasteiger charge is -2.14. The van der Waals surface area contributed by atoms with E-state index in [2.05, 4.69) is 9.97 Å². The van der Waals surface area contributed by atoms with Crippen molar-refractivity contribution in [1.29, 1.82) is 0 Å². The van der Waals surface area contributed by atoms with Gasteiger partial charge in [0, 0.05) is 31.2 Å². The number of carbonyl (C=O) groups is 1. The largest absolute Gasteiger partial charge is 0.467 e. The molecule has 2 aromatic heterocycles. The molecule has 0 saturated carbocycles. The van der Waals surface area contributed by atoms with Crippen LogP contribution in [0.5, 0.6) is 0 Å². The van der Waals surface area contributed by atoms with Crippen molar-refractivity contribution in [3.63, 3.8) is 0 Å². The topological polar surface area (TPSA) is 57.0 Å². The van der Waals surface area contributed by atoms with Crippen molar-refractivity contribution in [3.8, 4) is 0 Å². The fourth-order valence-corrected chi connectivity index (χ4v) is 1.80. The molecule has 2 rings (SSSR count). The molecule has 5 nitrogen and oxygen atoms in total. The van der Waals surface area contributed by atoms with E-state index >= 15 is 0 Å². The summed E-state index contributed by atoms with van der Waals surface area (Å²) in [6.45, 7) is 1.80. The number of aromatic nitrogens is 3. The Morgan fingerprint density at radius 2 is 2.11 bits per heavy atom. The molecule has 0 spiro atoms. The quantitative estimate of drug-likeness (QED) is 0.768. The van der Waals surface area contributed by atoms with E-state index in [9.17, 15) is 4.79 Å². The zero-order valence-electron chi connectivity index (χ0n) is 10.4. The summed E-state index contributed by atoms with van der Waals surface area (Å²) < 4.78 is 6.57. The molecule has 2 aromatic rings. The van der Waals surface area contributed by atoms with Gasteiger partial charge in [0.05, 0.1) is 7.11 Å². The number of esters is 1. The Morgan fingerprint density at radius 3 is 2.78 bits per heavy atom. The molecule has 0 aliphatic heterocycles. The minimum absolute atomic E-state index is 0.274. The minimum Gasteiger partial charge on any atom is -0.467 e. The predicted octanol–water partition coefficient (Wildman–Crippen LogP) is 1.60. The Labute approximate surface area is 105 Å². The molecule has 0 aromatic carbocycles. The zero-order chi connectivity index (χ0) is 13.0. The summed E-state index contributed by atoms with van der Waals surface area (Å²) >= 11 is 0. The van der Waals surface area contributed by atoms with Crippen molar-refractivity contribution in [2.45, 2.75) is 19.4 Å². The summed E-state index contributed by atoms with van der Waals surface area (Å²) in [4.78, 5) is 19.8. The molecule has 0 saturated heterocycles. The first-order valence-corrected chi connectivity index (χ1v) is 5.71. The van der Waals surface area contributed by atoms with Crippen LogP contribution in [-0.4, -0.2) is 27.6 Å². The molecular formula is C13H15N3O2. The minimum atomic E-state index is -0.366. The maximum absolute atomic E-state index is 11.5. The van der Waals surface area contributed by atoms with Gasteiger partial charge in [0.2, 0.25) is 0 Å². The highest BCUT2D eigenvalue weighted by atomic mass is 16.5. The van der Waals surface area contributed by atoms with Gasteiger partial charge in [-0.15, -0.1) is 0 Å².